The van der Waals surface area contributed by atoms with Gasteiger partial charge < -0.3 is 5.32 Å². The number of aryl methyl sites for hydroxylation is 2. The molecule has 1 N–H and O–H groups in total. The summed E-state index contributed by atoms with van der Waals surface area (Å²) >= 11 is 0. The molecule has 2 aromatic carbocycles. The Bertz CT molecular complexity index is 564. The molecule has 0 spiro atoms. The van der Waals surface area contributed by atoms with E-state index in [1.807, 2.05) is 31.2 Å². The number of benzene rings is 2. The molecule has 18 heavy (non-hydrogen) atoms. The zero-order valence-electron chi connectivity index (χ0n) is 10.4. The van der Waals surface area contributed by atoms with Crippen LogP contribution in [0.3, 0.4) is 0 Å². The van der Waals surface area contributed by atoms with Crippen molar-refractivity contribution in [3.8, 4) is 0 Å². The highest BCUT2D eigenvalue weighted by molar-refractivity contribution is 5.49. The van der Waals surface area contributed by atoms with Crippen molar-refractivity contribution in [1.82, 2.24) is 0 Å². The molecule has 0 fully saturated rings. The molecule has 2 aromatic rings. The monoisotopic (exact) mass is 247 g/mol. The van der Waals surface area contributed by atoms with E-state index in [4.69, 9.17) is 0 Å². The van der Waals surface area contributed by atoms with Crippen LogP contribution in [0.1, 0.15) is 16.7 Å². The summed E-state index contributed by atoms with van der Waals surface area (Å²) < 4.78 is 27.3. The third-order valence-electron chi connectivity index (χ3n) is 2.84. The van der Waals surface area contributed by atoms with Gasteiger partial charge in [0.15, 0.2) is 5.82 Å². The van der Waals surface area contributed by atoms with Gasteiger partial charge in [-0.05, 0) is 31.0 Å². The third-order valence-corrected chi connectivity index (χ3v) is 2.84. The van der Waals surface area contributed by atoms with E-state index in [1.54, 1.807) is 6.92 Å². The maximum absolute atomic E-state index is 13.7. The second-order valence-electron chi connectivity index (χ2n) is 4.40. The van der Waals surface area contributed by atoms with Gasteiger partial charge in [0, 0.05) is 6.54 Å². The first kappa shape index (κ1) is 12.6. The first-order chi connectivity index (χ1) is 8.58. The fraction of sp³-hybridized carbons (Fsp3) is 0.200. The zero-order chi connectivity index (χ0) is 13.1. The van der Waals surface area contributed by atoms with Gasteiger partial charge in [0.25, 0.3) is 0 Å². The van der Waals surface area contributed by atoms with E-state index < -0.39 is 11.6 Å². The lowest BCUT2D eigenvalue weighted by Gasteiger charge is -2.10. The van der Waals surface area contributed by atoms with Gasteiger partial charge in [-0.25, -0.2) is 8.78 Å². The lowest BCUT2D eigenvalue weighted by atomic mass is 10.1. The molecule has 0 bridgehead atoms. The largest absolute Gasteiger partial charge is 0.376 e. The Kier molecular flexibility index (Phi) is 3.60. The molecule has 0 aromatic heterocycles. The molecule has 0 aliphatic carbocycles. The van der Waals surface area contributed by atoms with Crippen LogP contribution in [0.2, 0.25) is 0 Å². The summed E-state index contributed by atoms with van der Waals surface area (Å²) in [6.07, 6.45) is 0. The molecule has 0 unspecified atom stereocenters. The Labute approximate surface area is 105 Å². The van der Waals surface area contributed by atoms with E-state index >= 15 is 0 Å². The first-order valence-corrected chi connectivity index (χ1v) is 5.82. The number of nitrogens with one attached hydrogen (secondary N) is 1. The summed E-state index contributed by atoms with van der Waals surface area (Å²) in [6, 6.07) is 10.5. The van der Waals surface area contributed by atoms with Gasteiger partial charge in [0.05, 0.1) is 0 Å². The Morgan fingerprint density at radius 3 is 2.56 bits per heavy atom. The predicted octanol–water partition coefficient (Wildman–Crippen LogP) is 4.19. The van der Waals surface area contributed by atoms with E-state index in [9.17, 15) is 8.78 Å². The van der Waals surface area contributed by atoms with Crippen LogP contribution < -0.4 is 5.32 Å². The fourth-order valence-corrected chi connectivity index (χ4v) is 1.83. The summed E-state index contributed by atoms with van der Waals surface area (Å²) in [7, 11) is 0. The SMILES string of the molecule is Cc1cccc(CNc2c(F)ccc(C)c2F)c1. The van der Waals surface area contributed by atoms with Crippen LogP contribution in [-0.2, 0) is 6.54 Å². The number of anilines is 1. The van der Waals surface area contributed by atoms with Gasteiger partial charge in [0.1, 0.15) is 11.5 Å². The van der Waals surface area contributed by atoms with Crippen LogP contribution in [0.5, 0.6) is 0 Å². The number of halogens is 2. The molecule has 3 heteroatoms. The van der Waals surface area contributed by atoms with Gasteiger partial charge in [-0.15, -0.1) is 0 Å². The molecule has 0 heterocycles. The first-order valence-electron chi connectivity index (χ1n) is 5.82. The molecule has 0 radical (unpaired) electrons. The summed E-state index contributed by atoms with van der Waals surface area (Å²) in [5.74, 6) is -1.09. The van der Waals surface area contributed by atoms with Gasteiger partial charge >= 0.3 is 0 Å². The topological polar surface area (TPSA) is 12.0 Å². The molecule has 0 aliphatic rings. The normalized spacial score (nSPS) is 10.4. The molecular weight excluding hydrogens is 232 g/mol. The number of hydrogen-bond acceptors (Lipinski definition) is 1. The zero-order valence-corrected chi connectivity index (χ0v) is 10.4. The van der Waals surface area contributed by atoms with Crippen molar-refractivity contribution < 1.29 is 8.78 Å². The van der Waals surface area contributed by atoms with Crippen LogP contribution in [0.25, 0.3) is 0 Å². The number of hydrogen-bond donors (Lipinski definition) is 1. The molecule has 1 nitrogen and oxygen atoms in total. The van der Waals surface area contributed by atoms with Crippen LogP contribution >= 0.6 is 0 Å². The average molecular weight is 247 g/mol. The van der Waals surface area contributed by atoms with Crippen molar-refractivity contribution in [3.63, 3.8) is 0 Å². The maximum atomic E-state index is 13.7. The van der Waals surface area contributed by atoms with Crippen LogP contribution in [0.4, 0.5) is 14.5 Å². The van der Waals surface area contributed by atoms with E-state index in [0.29, 0.717) is 12.1 Å². The standard InChI is InChI=1S/C15H15F2N/c1-10-4-3-5-12(8-10)9-18-15-13(16)7-6-11(2)14(15)17/h3-8,18H,9H2,1-2H3. The van der Waals surface area contributed by atoms with Crippen molar-refractivity contribution in [2.75, 3.05) is 5.32 Å². The molecule has 0 atom stereocenters. The summed E-state index contributed by atoms with van der Waals surface area (Å²) in [6.45, 7) is 4.00. The smallest absolute Gasteiger partial charge is 0.152 e. The van der Waals surface area contributed by atoms with Gasteiger partial charge in [0.2, 0.25) is 0 Å². The van der Waals surface area contributed by atoms with Crippen LogP contribution in [-0.4, -0.2) is 0 Å². The molecule has 94 valence electrons. The van der Waals surface area contributed by atoms with Crippen LogP contribution in [0, 0.1) is 25.5 Å². The van der Waals surface area contributed by atoms with Gasteiger partial charge in [-0.3, -0.25) is 0 Å². The van der Waals surface area contributed by atoms with Gasteiger partial charge in [-0.1, -0.05) is 35.9 Å². The van der Waals surface area contributed by atoms with E-state index in [0.717, 1.165) is 11.1 Å². The van der Waals surface area contributed by atoms with Crippen LogP contribution in [0.15, 0.2) is 36.4 Å². The average Bonchev–Trinajstić information content (AvgIpc) is 2.34. The van der Waals surface area contributed by atoms with Crippen molar-refractivity contribution >= 4 is 5.69 Å². The minimum atomic E-state index is -0.564. The lowest BCUT2D eigenvalue weighted by Crippen LogP contribution is -2.05. The highest BCUT2D eigenvalue weighted by Gasteiger charge is 2.10. The van der Waals surface area contributed by atoms with E-state index in [2.05, 4.69) is 5.32 Å². The van der Waals surface area contributed by atoms with Crippen molar-refractivity contribution in [2.24, 2.45) is 0 Å². The summed E-state index contributed by atoms with van der Waals surface area (Å²) in [5, 5.41) is 2.82. The minimum absolute atomic E-state index is 0.0588. The Hall–Kier alpha value is -1.90. The Morgan fingerprint density at radius 2 is 1.83 bits per heavy atom. The molecule has 0 amide bonds. The fourth-order valence-electron chi connectivity index (χ4n) is 1.83. The second-order valence-corrected chi connectivity index (χ2v) is 4.40. The van der Waals surface area contributed by atoms with Crippen molar-refractivity contribution in [3.05, 3.63) is 64.7 Å². The quantitative estimate of drug-likeness (QED) is 0.857. The molecule has 2 rings (SSSR count). The Balaban J connectivity index is 2.18. The van der Waals surface area contributed by atoms with E-state index in [-0.39, 0.29) is 5.69 Å². The minimum Gasteiger partial charge on any atom is -0.376 e. The summed E-state index contributed by atoms with van der Waals surface area (Å²) in [5.41, 5.74) is 2.49. The van der Waals surface area contributed by atoms with Gasteiger partial charge in [-0.2, -0.15) is 0 Å². The summed E-state index contributed by atoms with van der Waals surface area (Å²) in [4.78, 5) is 0. The second kappa shape index (κ2) is 5.17. The number of rotatable bonds is 3. The van der Waals surface area contributed by atoms with Crippen molar-refractivity contribution in [1.29, 1.82) is 0 Å². The highest BCUT2D eigenvalue weighted by Crippen LogP contribution is 2.22. The molecular formula is C15H15F2N. The third kappa shape index (κ3) is 2.67. The predicted molar refractivity (Wildman–Crippen MR) is 69.6 cm³/mol. The van der Waals surface area contributed by atoms with E-state index in [1.165, 1.54) is 12.1 Å². The maximum Gasteiger partial charge on any atom is 0.152 e. The lowest BCUT2D eigenvalue weighted by molar-refractivity contribution is 0.582. The Morgan fingerprint density at radius 1 is 1.06 bits per heavy atom. The molecule has 0 aliphatic heterocycles. The molecule has 0 saturated heterocycles. The highest BCUT2D eigenvalue weighted by atomic mass is 19.1. The molecule has 0 saturated carbocycles. The van der Waals surface area contributed by atoms with Crippen molar-refractivity contribution in [2.45, 2.75) is 20.4 Å².